The van der Waals surface area contributed by atoms with Crippen LogP contribution < -0.4 is 5.32 Å². The normalized spacial score (nSPS) is 9.60. The molecule has 0 saturated carbocycles. The number of imidazole rings is 1. The van der Waals surface area contributed by atoms with E-state index in [4.69, 9.17) is 0 Å². The number of aromatic nitrogens is 2. The van der Waals surface area contributed by atoms with Crippen molar-refractivity contribution in [3.05, 3.63) is 30.9 Å². The van der Waals surface area contributed by atoms with E-state index in [0.29, 0.717) is 25.2 Å². The average molecular weight is 207 g/mol. The largest absolute Gasteiger partial charge is 0.353 e. The summed E-state index contributed by atoms with van der Waals surface area (Å²) < 4.78 is 0. The van der Waals surface area contributed by atoms with E-state index in [2.05, 4.69) is 21.9 Å². The lowest BCUT2D eigenvalue weighted by atomic mass is 10.2. The van der Waals surface area contributed by atoms with E-state index >= 15 is 0 Å². The molecule has 1 aromatic heterocycles. The monoisotopic (exact) mass is 207 g/mol. The maximum absolute atomic E-state index is 11.4. The fourth-order valence-electron chi connectivity index (χ4n) is 1.07. The van der Waals surface area contributed by atoms with Crippen molar-refractivity contribution < 1.29 is 9.59 Å². The van der Waals surface area contributed by atoms with Crippen molar-refractivity contribution in [2.24, 2.45) is 0 Å². The van der Waals surface area contributed by atoms with Crippen LogP contribution in [0.2, 0.25) is 0 Å². The second kappa shape index (κ2) is 5.74. The summed E-state index contributed by atoms with van der Waals surface area (Å²) in [5.41, 5.74) is 0. The third kappa shape index (κ3) is 3.76. The topological polar surface area (TPSA) is 74.8 Å². The molecule has 0 saturated heterocycles. The lowest BCUT2D eigenvalue weighted by Gasteiger charge is -2.00. The van der Waals surface area contributed by atoms with Crippen LogP contribution in [0.1, 0.15) is 23.5 Å². The molecule has 5 heteroatoms. The molecule has 0 unspecified atom stereocenters. The standard InChI is InChI=1S/C10H13N3O2/c1-2-9(15)11-5-3-4-8(14)10-12-6-7-13-10/h2,6-7H,1,3-5H2,(H,11,15)(H,12,13). The SMILES string of the molecule is C=CC(=O)NCCCC(=O)c1ncc[nH]1. The predicted molar refractivity (Wildman–Crippen MR) is 55.4 cm³/mol. The Morgan fingerprint density at radius 1 is 1.60 bits per heavy atom. The third-order valence-corrected chi connectivity index (χ3v) is 1.83. The van der Waals surface area contributed by atoms with E-state index in [1.54, 1.807) is 6.20 Å². The number of ketones is 1. The minimum Gasteiger partial charge on any atom is -0.353 e. The van der Waals surface area contributed by atoms with Gasteiger partial charge in [-0.3, -0.25) is 9.59 Å². The Morgan fingerprint density at radius 2 is 2.40 bits per heavy atom. The first kappa shape index (κ1) is 11.2. The molecule has 0 aliphatic heterocycles. The number of H-pyrrole nitrogens is 1. The van der Waals surface area contributed by atoms with Crippen molar-refractivity contribution in [2.75, 3.05) is 6.54 Å². The molecule has 1 rings (SSSR count). The van der Waals surface area contributed by atoms with Crippen LogP contribution in [0.3, 0.4) is 0 Å². The Balaban J connectivity index is 2.18. The van der Waals surface area contributed by atoms with E-state index in [1.165, 1.54) is 12.3 Å². The molecule has 2 N–H and O–H groups in total. The van der Waals surface area contributed by atoms with Gasteiger partial charge in [-0.25, -0.2) is 4.98 Å². The summed E-state index contributed by atoms with van der Waals surface area (Å²) in [4.78, 5) is 28.7. The number of carbonyl (C=O) groups is 2. The molecule has 1 heterocycles. The van der Waals surface area contributed by atoms with Crippen molar-refractivity contribution in [1.29, 1.82) is 0 Å². The molecule has 15 heavy (non-hydrogen) atoms. The van der Waals surface area contributed by atoms with Gasteiger partial charge in [-0.15, -0.1) is 0 Å². The zero-order valence-electron chi connectivity index (χ0n) is 8.32. The van der Waals surface area contributed by atoms with Crippen molar-refractivity contribution in [3.63, 3.8) is 0 Å². The summed E-state index contributed by atoms with van der Waals surface area (Å²) in [5.74, 6) is 0.0957. The highest BCUT2D eigenvalue weighted by Crippen LogP contribution is 1.98. The number of hydrogen-bond acceptors (Lipinski definition) is 3. The Hall–Kier alpha value is -1.91. The molecular weight excluding hydrogens is 194 g/mol. The lowest BCUT2D eigenvalue weighted by molar-refractivity contribution is -0.116. The highest BCUT2D eigenvalue weighted by Gasteiger charge is 2.06. The molecule has 1 aromatic rings. The first-order chi connectivity index (χ1) is 7.24. The van der Waals surface area contributed by atoms with Gasteiger partial charge in [-0.2, -0.15) is 0 Å². The average Bonchev–Trinajstić information content (AvgIpc) is 2.77. The van der Waals surface area contributed by atoms with E-state index in [0.717, 1.165) is 0 Å². The molecule has 0 aromatic carbocycles. The molecule has 1 amide bonds. The molecule has 0 spiro atoms. The number of nitrogens with zero attached hydrogens (tertiary/aromatic N) is 1. The van der Waals surface area contributed by atoms with E-state index in [-0.39, 0.29) is 11.7 Å². The van der Waals surface area contributed by atoms with E-state index in [1.807, 2.05) is 0 Å². The number of amides is 1. The number of Topliss-reactive ketones (excluding diaryl/α,β-unsaturated/α-hetero) is 1. The van der Waals surface area contributed by atoms with Crippen LogP contribution in [-0.4, -0.2) is 28.2 Å². The maximum Gasteiger partial charge on any atom is 0.243 e. The van der Waals surface area contributed by atoms with Crippen LogP contribution >= 0.6 is 0 Å². The molecule has 80 valence electrons. The zero-order valence-corrected chi connectivity index (χ0v) is 8.32. The Labute approximate surface area is 87.6 Å². The summed E-state index contributed by atoms with van der Waals surface area (Å²) in [5, 5.41) is 2.59. The summed E-state index contributed by atoms with van der Waals surface area (Å²) in [6, 6.07) is 0. The predicted octanol–water partition coefficient (Wildman–Crippen LogP) is 0.675. The summed E-state index contributed by atoms with van der Waals surface area (Å²) >= 11 is 0. The molecule has 0 aliphatic carbocycles. The fourth-order valence-corrected chi connectivity index (χ4v) is 1.07. The number of carbonyl (C=O) groups excluding carboxylic acids is 2. The van der Waals surface area contributed by atoms with Crippen LogP contribution in [0.25, 0.3) is 0 Å². The van der Waals surface area contributed by atoms with Crippen LogP contribution in [-0.2, 0) is 4.79 Å². The van der Waals surface area contributed by atoms with Gasteiger partial charge in [-0.05, 0) is 12.5 Å². The summed E-state index contributed by atoms with van der Waals surface area (Å²) in [6.45, 7) is 3.79. The second-order valence-corrected chi connectivity index (χ2v) is 2.96. The quantitative estimate of drug-likeness (QED) is 0.409. The second-order valence-electron chi connectivity index (χ2n) is 2.96. The zero-order chi connectivity index (χ0) is 11.1. The van der Waals surface area contributed by atoms with Crippen LogP contribution in [0, 0.1) is 0 Å². The highest BCUT2D eigenvalue weighted by molar-refractivity contribution is 5.92. The van der Waals surface area contributed by atoms with E-state index in [9.17, 15) is 9.59 Å². The molecule has 0 fully saturated rings. The highest BCUT2D eigenvalue weighted by atomic mass is 16.1. The number of nitrogens with one attached hydrogen (secondary N) is 2. The van der Waals surface area contributed by atoms with Crippen molar-refractivity contribution >= 4 is 11.7 Å². The van der Waals surface area contributed by atoms with Gasteiger partial charge in [0.1, 0.15) is 0 Å². The summed E-state index contributed by atoms with van der Waals surface area (Å²) in [6.07, 6.45) is 5.30. The Morgan fingerprint density at radius 3 is 3.00 bits per heavy atom. The number of aromatic amines is 1. The maximum atomic E-state index is 11.4. The molecule has 0 radical (unpaired) electrons. The molecule has 0 bridgehead atoms. The van der Waals surface area contributed by atoms with Gasteiger partial charge in [0.05, 0.1) is 0 Å². The van der Waals surface area contributed by atoms with Gasteiger partial charge in [0, 0.05) is 25.4 Å². The van der Waals surface area contributed by atoms with Crippen LogP contribution in [0.4, 0.5) is 0 Å². The molecule has 0 aliphatic rings. The fraction of sp³-hybridized carbons (Fsp3) is 0.300. The number of rotatable bonds is 6. The smallest absolute Gasteiger partial charge is 0.243 e. The summed E-state index contributed by atoms with van der Waals surface area (Å²) in [7, 11) is 0. The van der Waals surface area contributed by atoms with Gasteiger partial charge < -0.3 is 10.3 Å². The first-order valence-electron chi connectivity index (χ1n) is 4.67. The van der Waals surface area contributed by atoms with Crippen LogP contribution in [0.5, 0.6) is 0 Å². The van der Waals surface area contributed by atoms with Crippen molar-refractivity contribution in [2.45, 2.75) is 12.8 Å². The van der Waals surface area contributed by atoms with E-state index < -0.39 is 0 Å². The van der Waals surface area contributed by atoms with Gasteiger partial charge in [0.15, 0.2) is 11.6 Å². The Kier molecular flexibility index (Phi) is 4.28. The number of hydrogen-bond donors (Lipinski definition) is 2. The van der Waals surface area contributed by atoms with Gasteiger partial charge in [0.25, 0.3) is 0 Å². The Bertz CT molecular complexity index is 344. The van der Waals surface area contributed by atoms with Gasteiger partial charge in [-0.1, -0.05) is 6.58 Å². The first-order valence-corrected chi connectivity index (χ1v) is 4.67. The van der Waals surface area contributed by atoms with Crippen LogP contribution in [0.15, 0.2) is 25.0 Å². The minimum atomic E-state index is -0.222. The van der Waals surface area contributed by atoms with Crippen molar-refractivity contribution in [1.82, 2.24) is 15.3 Å². The van der Waals surface area contributed by atoms with Crippen molar-refractivity contribution in [3.8, 4) is 0 Å². The molecule has 5 nitrogen and oxygen atoms in total. The third-order valence-electron chi connectivity index (χ3n) is 1.83. The minimum absolute atomic E-state index is 0.0483. The van der Waals surface area contributed by atoms with Gasteiger partial charge in [0.2, 0.25) is 5.91 Å². The molecular formula is C10H13N3O2. The lowest BCUT2D eigenvalue weighted by Crippen LogP contribution is -2.22. The molecule has 0 atom stereocenters. The van der Waals surface area contributed by atoms with Gasteiger partial charge >= 0.3 is 0 Å².